The molecule has 8 heteroatoms. The molecule has 1 N–H and O–H groups in total. The number of methoxy groups -OCH3 is 1. The number of sulfonamides is 1. The van der Waals surface area contributed by atoms with Crippen LogP contribution in [0, 0.1) is 0 Å². The van der Waals surface area contributed by atoms with Crippen LogP contribution in [0.4, 0.5) is 11.4 Å². The van der Waals surface area contributed by atoms with Crippen LogP contribution in [0.1, 0.15) is 22.3 Å². The molecule has 31 heavy (non-hydrogen) atoms. The molecule has 0 aliphatic carbocycles. The number of amides is 1. The van der Waals surface area contributed by atoms with E-state index in [1.165, 1.54) is 11.4 Å². The molecule has 0 fully saturated rings. The molecule has 0 atom stereocenters. The van der Waals surface area contributed by atoms with Gasteiger partial charge in [0.05, 0.1) is 17.7 Å². The summed E-state index contributed by atoms with van der Waals surface area (Å²) in [6.07, 6.45) is 1.44. The summed E-state index contributed by atoms with van der Waals surface area (Å²) in [6, 6.07) is 18.8. The minimum Gasteiger partial charge on any atom is -0.497 e. The Kier molecular flexibility index (Phi) is 6.02. The number of aryl methyl sites for hydroxylation is 1. The lowest BCUT2D eigenvalue weighted by Crippen LogP contribution is -2.35. The van der Waals surface area contributed by atoms with Gasteiger partial charge in [-0.15, -0.1) is 0 Å². The highest BCUT2D eigenvalue weighted by Crippen LogP contribution is 2.34. The number of carbonyl (C=O) groups excluding carboxylic acids is 1. The maximum Gasteiger partial charge on any atom is 0.264 e. The zero-order valence-corrected chi connectivity index (χ0v) is 19.2. The molecule has 3 aromatic rings. The van der Waals surface area contributed by atoms with Crippen LogP contribution in [-0.4, -0.2) is 28.0 Å². The molecule has 0 aromatic heterocycles. The highest BCUT2D eigenvalue weighted by atomic mass is 79.9. The third-order valence-electron chi connectivity index (χ3n) is 5.17. The number of ether oxygens (including phenoxy) is 1. The van der Waals surface area contributed by atoms with Crippen LogP contribution in [0.25, 0.3) is 0 Å². The monoisotopic (exact) mass is 500 g/mol. The van der Waals surface area contributed by atoms with Crippen molar-refractivity contribution in [3.8, 4) is 5.75 Å². The highest BCUT2D eigenvalue weighted by Gasteiger charge is 2.29. The van der Waals surface area contributed by atoms with E-state index in [1.54, 1.807) is 48.5 Å². The minimum absolute atomic E-state index is 0.216. The number of halogens is 1. The van der Waals surface area contributed by atoms with Gasteiger partial charge in [0, 0.05) is 22.3 Å². The van der Waals surface area contributed by atoms with Crippen LogP contribution in [0.5, 0.6) is 5.75 Å². The predicted molar refractivity (Wildman–Crippen MR) is 124 cm³/mol. The van der Waals surface area contributed by atoms with E-state index < -0.39 is 10.0 Å². The molecule has 1 aliphatic rings. The maximum atomic E-state index is 13.2. The van der Waals surface area contributed by atoms with Gasteiger partial charge in [0.15, 0.2) is 0 Å². The van der Waals surface area contributed by atoms with Crippen molar-refractivity contribution >= 4 is 43.2 Å². The average molecular weight is 501 g/mol. The van der Waals surface area contributed by atoms with Gasteiger partial charge in [0.2, 0.25) is 0 Å². The van der Waals surface area contributed by atoms with E-state index in [0.29, 0.717) is 35.7 Å². The molecular weight excluding hydrogens is 480 g/mol. The Bertz CT molecular complexity index is 1210. The maximum absolute atomic E-state index is 13.2. The van der Waals surface area contributed by atoms with Gasteiger partial charge in [-0.3, -0.25) is 9.10 Å². The Morgan fingerprint density at radius 2 is 1.74 bits per heavy atom. The molecule has 160 valence electrons. The van der Waals surface area contributed by atoms with Crippen molar-refractivity contribution in [2.75, 3.05) is 23.3 Å². The molecule has 0 saturated heterocycles. The van der Waals surface area contributed by atoms with Gasteiger partial charge in [-0.1, -0.05) is 15.9 Å². The van der Waals surface area contributed by atoms with Crippen LogP contribution in [0.15, 0.2) is 76.1 Å². The molecule has 0 spiro atoms. The zero-order valence-electron chi connectivity index (χ0n) is 16.8. The Labute approximate surface area is 190 Å². The first-order valence-electron chi connectivity index (χ1n) is 9.75. The average Bonchev–Trinajstić information content (AvgIpc) is 2.79. The number of hydrogen-bond donors (Lipinski definition) is 1. The number of hydrogen-bond acceptors (Lipinski definition) is 4. The summed E-state index contributed by atoms with van der Waals surface area (Å²) in [4.78, 5) is 12.7. The first kappa shape index (κ1) is 21.4. The van der Waals surface area contributed by atoms with Crippen molar-refractivity contribution in [2.45, 2.75) is 17.7 Å². The second-order valence-electron chi connectivity index (χ2n) is 7.16. The van der Waals surface area contributed by atoms with Crippen molar-refractivity contribution in [3.63, 3.8) is 0 Å². The first-order valence-corrected chi connectivity index (χ1v) is 12.0. The van der Waals surface area contributed by atoms with E-state index in [0.717, 1.165) is 16.5 Å². The van der Waals surface area contributed by atoms with E-state index in [-0.39, 0.29) is 10.8 Å². The second kappa shape index (κ2) is 8.72. The first-order chi connectivity index (χ1) is 14.9. The summed E-state index contributed by atoms with van der Waals surface area (Å²) in [6.45, 7) is 0.409. The fourth-order valence-corrected chi connectivity index (χ4v) is 5.37. The van der Waals surface area contributed by atoms with Gasteiger partial charge >= 0.3 is 0 Å². The standard InChI is InChI=1S/C23H21BrN2O4S/c1-30-20-9-11-21(12-10-20)31(28,29)26-14-2-3-17-15-19(8-13-22(17)26)25-23(27)16-4-6-18(24)7-5-16/h4-13,15H,2-3,14H2,1H3,(H,25,27). The number of carbonyl (C=O) groups is 1. The van der Waals surface area contributed by atoms with Gasteiger partial charge in [-0.05, 0) is 85.1 Å². The summed E-state index contributed by atoms with van der Waals surface area (Å²) in [5.41, 5.74) is 2.71. The van der Waals surface area contributed by atoms with Crippen molar-refractivity contribution in [1.82, 2.24) is 0 Å². The Hall–Kier alpha value is -2.84. The predicted octanol–water partition coefficient (Wildman–Crippen LogP) is 4.85. The lowest BCUT2D eigenvalue weighted by molar-refractivity contribution is 0.102. The second-order valence-corrected chi connectivity index (χ2v) is 9.94. The van der Waals surface area contributed by atoms with E-state index in [4.69, 9.17) is 4.74 Å². The smallest absolute Gasteiger partial charge is 0.264 e. The largest absolute Gasteiger partial charge is 0.497 e. The molecular formula is C23H21BrN2O4S. The molecule has 0 unspecified atom stereocenters. The number of rotatable bonds is 5. The quantitative estimate of drug-likeness (QED) is 0.543. The van der Waals surface area contributed by atoms with Crippen LogP contribution >= 0.6 is 15.9 Å². The summed E-state index contributed by atoms with van der Waals surface area (Å²) < 4.78 is 33.9. The fourth-order valence-electron chi connectivity index (χ4n) is 3.57. The lowest BCUT2D eigenvalue weighted by Gasteiger charge is -2.31. The summed E-state index contributed by atoms with van der Waals surface area (Å²) in [7, 11) is -2.16. The van der Waals surface area contributed by atoms with Crippen LogP contribution < -0.4 is 14.4 Å². The van der Waals surface area contributed by atoms with Gasteiger partial charge in [0.25, 0.3) is 15.9 Å². The topological polar surface area (TPSA) is 75.7 Å². The molecule has 6 nitrogen and oxygen atoms in total. The lowest BCUT2D eigenvalue weighted by atomic mass is 10.0. The minimum atomic E-state index is -3.70. The number of nitrogens with zero attached hydrogens (tertiary/aromatic N) is 1. The summed E-state index contributed by atoms with van der Waals surface area (Å²) >= 11 is 3.36. The Morgan fingerprint density at radius 1 is 1.03 bits per heavy atom. The van der Waals surface area contributed by atoms with Crippen LogP contribution in [-0.2, 0) is 16.4 Å². The van der Waals surface area contributed by atoms with Crippen LogP contribution in [0.3, 0.4) is 0 Å². The highest BCUT2D eigenvalue weighted by molar-refractivity contribution is 9.10. The fraction of sp³-hybridized carbons (Fsp3) is 0.174. The number of nitrogens with one attached hydrogen (secondary N) is 1. The van der Waals surface area contributed by atoms with E-state index >= 15 is 0 Å². The SMILES string of the molecule is COc1ccc(S(=O)(=O)N2CCCc3cc(NC(=O)c4ccc(Br)cc4)ccc32)cc1. The van der Waals surface area contributed by atoms with Crippen molar-refractivity contribution in [1.29, 1.82) is 0 Å². The third-order valence-corrected chi connectivity index (χ3v) is 7.52. The summed E-state index contributed by atoms with van der Waals surface area (Å²) in [5, 5.41) is 2.89. The molecule has 3 aromatic carbocycles. The molecule has 0 bridgehead atoms. The third kappa shape index (κ3) is 4.45. The molecule has 1 heterocycles. The van der Waals surface area contributed by atoms with Gasteiger partial charge in [0.1, 0.15) is 5.75 Å². The van der Waals surface area contributed by atoms with Crippen LogP contribution in [0.2, 0.25) is 0 Å². The number of anilines is 2. The van der Waals surface area contributed by atoms with E-state index in [2.05, 4.69) is 21.2 Å². The van der Waals surface area contributed by atoms with E-state index in [1.807, 2.05) is 18.2 Å². The van der Waals surface area contributed by atoms with Crippen molar-refractivity contribution in [3.05, 3.63) is 82.3 Å². The Morgan fingerprint density at radius 3 is 2.42 bits per heavy atom. The Balaban J connectivity index is 1.59. The van der Waals surface area contributed by atoms with Gasteiger partial charge < -0.3 is 10.1 Å². The van der Waals surface area contributed by atoms with E-state index in [9.17, 15) is 13.2 Å². The molecule has 1 amide bonds. The normalized spacial score (nSPS) is 13.4. The van der Waals surface area contributed by atoms with Gasteiger partial charge in [-0.25, -0.2) is 8.42 Å². The zero-order chi connectivity index (χ0) is 22.0. The summed E-state index contributed by atoms with van der Waals surface area (Å²) in [5.74, 6) is 0.384. The molecule has 1 aliphatic heterocycles. The molecule has 0 saturated carbocycles. The van der Waals surface area contributed by atoms with Gasteiger partial charge in [-0.2, -0.15) is 0 Å². The number of benzene rings is 3. The number of fused-ring (bicyclic) bond motifs is 1. The van der Waals surface area contributed by atoms with Crippen molar-refractivity contribution < 1.29 is 17.9 Å². The molecule has 0 radical (unpaired) electrons. The molecule has 4 rings (SSSR count). The van der Waals surface area contributed by atoms with Crippen molar-refractivity contribution in [2.24, 2.45) is 0 Å².